The second-order valence-electron chi connectivity index (χ2n) is 3.11. The first-order chi connectivity index (χ1) is 8.32. The van der Waals surface area contributed by atoms with E-state index in [2.05, 4.69) is 10.6 Å². The van der Waals surface area contributed by atoms with Crippen LogP contribution < -0.4 is 10.6 Å². The number of hydrogen-bond acceptors (Lipinski definition) is 2. The molecule has 1 aliphatic rings. The number of carbonyl (C=O) groups is 1. The molecule has 0 bridgehead atoms. The molecule has 0 aromatic heterocycles. The van der Waals surface area contributed by atoms with Crippen molar-refractivity contribution < 1.29 is 10.3 Å². The molecule has 2 N–H and O–H groups in total. The van der Waals surface area contributed by atoms with Gasteiger partial charge >= 0.3 is 0 Å². The fourth-order valence-electron chi connectivity index (χ4n) is 1.40. The van der Waals surface area contributed by atoms with Gasteiger partial charge in [-0.1, -0.05) is 30.3 Å². The van der Waals surface area contributed by atoms with Gasteiger partial charge in [0.05, 0.1) is 2.74 Å². The van der Waals surface area contributed by atoms with E-state index >= 15 is 0 Å². The van der Waals surface area contributed by atoms with Crippen LogP contribution in [-0.2, 0) is 4.79 Å². The van der Waals surface area contributed by atoms with E-state index < -0.39 is 24.9 Å². The minimum Gasteiger partial charge on any atom is -0.355 e. The molecule has 1 aromatic carbocycles. The lowest BCUT2D eigenvalue weighted by Gasteiger charge is -2.14. The molecule has 0 aliphatic carbocycles. The number of halogens is 1. The molecule has 3 nitrogen and oxygen atoms in total. The quantitative estimate of drug-likeness (QED) is 0.763. The van der Waals surface area contributed by atoms with Gasteiger partial charge in [0.2, 0.25) is 5.91 Å². The highest BCUT2D eigenvalue weighted by atomic mass is 35.5. The molecular weight excluding hydrogens is 212 g/mol. The Morgan fingerprint density at radius 2 is 2.00 bits per heavy atom. The molecule has 1 atom stereocenters. The van der Waals surface area contributed by atoms with Gasteiger partial charge in [-0.05, 0) is 5.56 Å². The maximum atomic E-state index is 11.6. The van der Waals surface area contributed by atoms with Gasteiger partial charge in [0.1, 0.15) is 0 Å². The summed E-state index contributed by atoms with van der Waals surface area (Å²) in [6, 6.07) is 8.44. The SMILES string of the molecule is Cl.[2H]C1([2H])NC(=O)CC(c2ccccc2)NC1([2H])[2H]. The molecule has 1 unspecified atom stereocenters. The highest BCUT2D eigenvalue weighted by Crippen LogP contribution is 2.16. The minimum atomic E-state index is -2.44. The molecule has 1 aliphatic heterocycles. The molecule has 1 heterocycles. The third-order valence-electron chi connectivity index (χ3n) is 2.10. The van der Waals surface area contributed by atoms with Gasteiger partial charge in [-0.25, -0.2) is 0 Å². The van der Waals surface area contributed by atoms with E-state index in [1.165, 1.54) is 0 Å². The van der Waals surface area contributed by atoms with E-state index in [1.54, 1.807) is 24.3 Å². The molecule has 4 heteroatoms. The van der Waals surface area contributed by atoms with Crippen molar-refractivity contribution in [2.45, 2.75) is 12.5 Å². The minimum absolute atomic E-state index is 0. The van der Waals surface area contributed by atoms with Crippen LogP contribution in [0.2, 0.25) is 0 Å². The summed E-state index contributed by atoms with van der Waals surface area (Å²) in [7, 11) is 0. The molecular formula is C11H15ClN2O. The first-order valence-corrected chi connectivity index (χ1v) is 4.45. The zero-order chi connectivity index (χ0) is 13.4. The average molecular weight is 231 g/mol. The van der Waals surface area contributed by atoms with E-state index in [4.69, 9.17) is 5.48 Å². The van der Waals surface area contributed by atoms with Crippen LogP contribution >= 0.6 is 12.4 Å². The second-order valence-corrected chi connectivity index (χ2v) is 3.11. The Balaban J connectivity index is 0.00000180. The number of hydrogen-bond donors (Lipinski definition) is 2. The van der Waals surface area contributed by atoms with E-state index in [9.17, 15) is 4.79 Å². The summed E-state index contributed by atoms with van der Waals surface area (Å²) in [5.74, 6) is -0.511. The Hall–Kier alpha value is -1.06. The monoisotopic (exact) mass is 230 g/mol. The van der Waals surface area contributed by atoms with E-state index in [1.807, 2.05) is 6.07 Å². The van der Waals surface area contributed by atoms with Gasteiger partial charge in [0, 0.05) is 28.2 Å². The van der Waals surface area contributed by atoms with Crippen LogP contribution in [0.1, 0.15) is 23.5 Å². The van der Waals surface area contributed by atoms with Crippen LogP contribution in [0.25, 0.3) is 0 Å². The molecule has 82 valence electrons. The lowest BCUT2D eigenvalue weighted by molar-refractivity contribution is -0.121. The number of benzene rings is 1. The third kappa shape index (κ3) is 3.22. The Kier molecular flexibility index (Phi) is 2.77. The predicted molar refractivity (Wildman–Crippen MR) is 62.1 cm³/mol. The molecule has 0 spiro atoms. The van der Waals surface area contributed by atoms with Crippen LogP contribution in [0.15, 0.2) is 30.3 Å². The Morgan fingerprint density at radius 1 is 1.27 bits per heavy atom. The zero-order valence-electron chi connectivity index (χ0n) is 12.0. The molecule has 15 heavy (non-hydrogen) atoms. The fraction of sp³-hybridized carbons (Fsp3) is 0.364. The third-order valence-corrected chi connectivity index (χ3v) is 2.10. The molecule has 0 radical (unpaired) electrons. The molecule has 2 rings (SSSR count). The number of nitrogens with one attached hydrogen (secondary N) is 2. The van der Waals surface area contributed by atoms with Crippen molar-refractivity contribution in [3.05, 3.63) is 35.9 Å². The topological polar surface area (TPSA) is 41.1 Å². The standard InChI is InChI=1S/C11H14N2O.ClH/c14-11-8-10(12-6-7-13-11)9-4-2-1-3-5-9;/h1-5,10,12H,6-8H2,(H,13,14);1H/i6D2,7D2;. The van der Waals surface area contributed by atoms with E-state index in [0.717, 1.165) is 5.56 Å². The highest BCUT2D eigenvalue weighted by molar-refractivity contribution is 5.85. The maximum absolute atomic E-state index is 11.6. The smallest absolute Gasteiger partial charge is 0.221 e. The fourth-order valence-corrected chi connectivity index (χ4v) is 1.40. The molecule has 0 saturated carbocycles. The van der Waals surface area contributed by atoms with Crippen molar-refractivity contribution in [2.24, 2.45) is 0 Å². The Labute approximate surface area is 101 Å². The lowest BCUT2D eigenvalue weighted by atomic mass is 10.0. The van der Waals surface area contributed by atoms with Gasteiger partial charge in [-0.3, -0.25) is 4.79 Å². The normalized spacial score (nSPS) is 31.7. The van der Waals surface area contributed by atoms with E-state index in [-0.39, 0.29) is 18.8 Å². The van der Waals surface area contributed by atoms with Crippen molar-refractivity contribution in [1.29, 1.82) is 0 Å². The first-order valence-electron chi connectivity index (χ1n) is 6.45. The Morgan fingerprint density at radius 3 is 2.73 bits per heavy atom. The van der Waals surface area contributed by atoms with Crippen molar-refractivity contribution in [2.75, 3.05) is 13.0 Å². The summed E-state index contributed by atoms with van der Waals surface area (Å²) >= 11 is 0. The molecule has 1 aromatic rings. The number of amides is 1. The van der Waals surface area contributed by atoms with Gasteiger partial charge in [-0.15, -0.1) is 12.4 Å². The summed E-state index contributed by atoms with van der Waals surface area (Å²) in [5.41, 5.74) is 0.759. The van der Waals surface area contributed by atoms with E-state index in [0.29, 0.717) is 0 Å². The second kappa shape index (κ2) is 5.73. The predicted octanol–water partition coefficient (Wildman–Crippen LogP) is 1.26. The summed E-state index contributed by atoms with van der Waals surface area (Å²) in [4.78, 5) is 11.6. The van der Waals surface area contributed by atoms with Crippen LogP contribution in [0.3, 0.4) is 0 Å². The average Bonchev–Trinajstić information content (AvgIpc) is 2.35. The van der Waals surface area contributed by atoms with Gasteiger partial charge in [0.15, 0.2) is 0 Å². The van der Waals surface area contributed by atoms with Crippen molar-refractivity contribution >= 4 is 18.3 Å². The van der Waals surface area contributed by atoms with Crippen LogP contribution in [-0.4, -0.2) is 18.9 Å². The highest BCUT2D eigenvalue weighted by Gasteiger charge is 2.17. The maximum Gasteiger partial charge on any atom is 0.221 e. The largest absolute Gasteiger partial charge is 0.355 e. The molecule has 1 saturated heterocycles. The van der Waals surface area contributed by atoms with Crippen molar-refractivity contribution in [3.8, 4) is 0 Å². The van der Waals surface area contributed by atoms with Gasteiger partial charge < -0.3 is 10.6 Å². The van der Waals surface area contributed by atoms with Crippen LogP contribution in [0.4, 0.5) is 0 Å². The van der Waals surface area contributed by atoms with Crippen molar-refractivity contribution in [3.63, 3.8) is 0 Å². The number of carbonyl (C=O) groups excluding carboxylic acids is 1. The van der Waals surface area contributed by atoms with Gasteiger partial charge in [0.25, 0.3) is 0 Å². The lowest BCUT2D eigenvalue weighted by Crippen LogP contribution is -2.24. The summed E-state index contributed by atoms with van der Waals surface area (Å²) in [5, 5.41) is 4.63. The molecule has 1 amide bonds. The molecule has 1 fully saturated rings. The zero-order valence-corrected chi connectivity index (χ0v) is 8.80. The van der Waals surface area contributed by atoms with Crippen molar-refractivity contribution in [1.82, 2.24) is 10.6 Å². The van der Waals surface area contributed by atoms with Crippen LogP contribution in [0.5, 0.6) is 0 Å². The van der Waals surface area contributed by atoms with Gasteiger partial charge in [-0.2, -0.15) is 0 Å². The summed E-state index contributed by atoms with van der Waals surface area (Å²) in [6.07, 6.45) is 0.00301. The first kappa shape index (κ1) is 7.25. The number of rotatable bonds is 1. The van der Waals surface area contributed by atoms with Crippen LogP contribution in [0, 0.1) is 0 Å². The summed E-state index contributed by atoms with van der Waals surface area (Å²) < 4.78 is 30.5. The Bertz CT molecular complexity index is 455. The summed E-state index contributed by atoms with van der Waals surface area (Å²) in [6.45, 7) is -4.77.